The first-order chi connectivity index (χ1) is 15.1. The molecule has 4 rings (SSSR count). The number of nitrogens with one attached hydrogen (secondary N) is 1. The number of esters is 1. The van der Waals surface area contributed by atoms with Crippen molar-refractivity contribution in [3.63, 3.8) is 0 Å². The average molecular weight is 416 g/mol. The minimum atomic E-state index is -0.977. The summed E-state index contributed by atoms with van der Waals surface area (Å²) in [6, 6.07) is 17.4. The first kappa shape index (κ1) is 20.1. The van der Waals surface area contributed by atoms with Gasteiger partial charge in [0.05, 0.1) is 12.3 Å². The number of carbonyl (C=O) groups excluding carboxylic acids is 2. The Hall–Kier alpha value is -4.14. The number of azo groups is 1. The molecule has 1 aliphatic heterocycles. The fraction of sp³-hybridized carbons (Fsp3) is 0.182. The number of para-hydroxylation sites is 1. The Labute approximate surface area is 178 Å². The number of ether oxygens (including phenoxy) is 1. The Bertz CT molecular complexity index is 1150. The maximum atomic E-state index is 13.2. The molecule has 0 radical (unpaired) electrons. The van der Waals surface area contributed by atoms with Crippen molar-refractivity contribution < 1.29 is 14.3 Å². The summed E-state index contributed by atoms with van der Waals surface area (Å²) in [5, 5.41) is 20.9. The van der Waals surface area contributed by atoms with Gasteiger partial charge in [-0.25, -0.2) is 4.79 Å². The molecule has 0 saturated carbocycles. The van der Waals surface area contributed by atoms with Gasteiger partial charge in [-0.2, -0.15) is 20.3 Å². The van der Waals surface area contributed by atoms with Crippen LogP contribution < -0.4 is 5.01 Å². The van der Waals surface area contributed by atoms with E-state index in [0.717, 1.165) is 5.56 Å². The van der Waals surface area contributed by atoms with Gasteiger partial charge in [0.15, 0.2) is 6.04 Å². The molecule has 1 aromatic heterocycles. The van der Waals surface area contributed by atoms with Crippen molar-refractivity contribution in [3.05, 3.63) is 77.5 Å². The molecule has 1 N–H and O–H groups in total. The highest BCUT2D eigenvalue weighted by Crippen LogP contribution is 2.27. The Morgan fingerprint density at radius 2 is 1.81 bits per heavy atom. The Morgan fingerprint density at radius 1 is 1.13 bits per heavy atom. The van der Waals surface area contributed by atoms with Crippen LogP contribution in [0.3, 0.4) is 0 Å². The van der Waals surface area contributed by atoms with E-state index in [1.165, 1.54) is 5.01 Å². The maximum Gasteiger partial charge on any atom is 0.343 e. The predicted molar refractivity (Wildman–Crippen MR) is 114 cm³/mol. The van der Waals surface area contributed by atoms with Gasteiger partial charge in [0.25, 0.3) is 5.91 Å². The van der Waals surface area contributed by atoms with Gasteiger partial charge in [-0.1, -0.05) is 48.5 Å². The van der Waals surface area contributed by atoms with Crippen molar-refractivity contribution >= 4 is 29.1 Å². The molecule has 31 heavy (non-hydrogen) atoms. The molecule has 1 amide bonds. The highest BCUT2D eigenvalue weighted by atomic mass is 16.5. The van der Waals surface area contributed by atoms with Gasteiger partial charge in [-0.05, 0) is 26.0 Å². The Balaban J connectivity index is 1.71. The van der Waals surface area contributed by atoms with Crippen LogP contribution in [0.1, 0.15) is 28.5 Å². The SMILES string of the molecule is CCOC(=O)c1c(N=NC2C(=O)N(c3ccccc3)N=C2c2ccccc2)n[nH]c1C. The molecule has 3 aromatic rings. The van der Waals surface area contributed by atoms with E-state index in [1.54, 1.807) is 26.0 Å². The lowest BCUT2D eigenvalue weighted by atomic mass is 10.0. The lowest BCUT2D eigenvalue weighted by Crippen LogP contribution is -2.30. The fourth-order valence-corrected chi connectivity index (χ4v) is 3.18. The predicted octanol–water partition coefficient (Wildman–Crippen LogP) is 3.80. The molecule has 9 heteroatoms. The molecule has 156 valence electrons. The van der Waals surface area contributed by atoms with Gasteiger partial charge in [0, 0.05) is 11.3 Å². The molecule has 1 atom stereocenters. The van der Waals surface area contributed by atoms with Crippen molar-refractivity contribution in [2.45, 2.75) is 19.9 Å². The van der Waals surface area contributed by atoms with E-state index in [0.29, 0.717) is 17.1 Å². The zero-order chi connectivity index (χ0) is 21.8. The normalized spacial score (nSPS) is 16.1. The summed E-state index contributed by atoms with van der Waals surface area (Å²) in [6.45, 7) is 3.62. The van der Waals surface area contributed by atoms with Gasteiger partial charge in [-0.3, -0.25) is 9.89 Å². The third-order valence-corrected chi connectivity index (χ3v) is 4.66. The summed E-state index contributed by atoms with van der Waals surface area (Å²) in [7, 11) is 0. The largest absolute Gasteiger partial charge is 0.462 e. The maximum absolute atomic E-state index is 13.2. The summed E-state index contributed by atoms with van der Waals surface area (Å²) < 4.78 is 5.07. The van der Waals surface area contributed by atoms with E-state index >= 15 is 0 Å². The number of hydrogen-bond donors (Lipinski definition) is 1. The fourth-order valence-electron chi connectivity index (χ4n) is 3.18. The molecule has 0 aliphatic carbocycles. The summed E-state index contributed by atoms with van der Waals surface area (Å²) in [5.41, 5.74) is 2.54. The van der Waals surface area contributed by atoms with Crippen LogP contribution in [0, 0.1) is 6.92 Å². The summed E-state index contributed by atoms with van der Waals surface area (Å²) in [4.78, 5) is 25.4. The first-order valence-corrected chi connectivity index (χ1v) is 9.76. The zero-order valence-corrected chi connectivity index (χ0v) is 17.0. The quantitative estimate of drug-likeness (QED) is 0.486. The number of nitrogens with zero attached hydrogens (tertiary/aromatic N) is 5. The van der Waals surface area contributed by atoms with Gasteiger partial charge >= 0.3 is 5.97 Å². The van der Waals surface area contributed by atoms with Crippen LogP contribution >= 0.6 is 0 Å². The minimum absolute atomic E-state index is 0.0642. The molecule has 0 fully saturated rings. The number of benzene rings is 2. The number of aromatic amines is 1. The molecular formula is C22H20N6O3. The smallest absolute Gasteiger partial charge is 0.343 e. The van der Waals surface area contributed by atoms with Crippen LogP contribution in [0.25, 0.3) is 0 Å². The number of carbonyl (C=O) groups is 2. The second-order valence-corrected chi connectivity index (χ2v) is 6.72. The summed E-state index contributed by atoms with van der Waals surface area (Å²) in [5.74, 6) is -0.837. The molecule has 0 saturated heterocycles. The number of hydrogen-bond acceptors (Lipinski definition) is 7. The molecule has 0 spiro atoms. The van der Waals surface area contributed by atoms with Gasteiger partial charge < -0.3 is 4.74 Å². The van der Waals surface area contributed by atoms with Gasteiger partial charge in [0.1, 0.15) is 11.3 Å². The van der Waals surface area contributed by atoms with Crippen LogP contribution in [-0.2, 0) is 9.53 Å². The van der Waals surface area contributed by atoms with Crippen LogP contribution in [0.4, 0.5) is 11.5 Å². The third-order valence-electron chi connectivity index (χ3n) is 4.66. The van der Waals surface area contributed by atoms with Gasteiger partial charge in [-0.15, -0.1) is 5.11 Å². The number of hydrazone groups is 1. The molecular weight excluding hydrogens is 396 g/mol. The second kappa shape index (κ2) is 8.70. The van der Waals surface area contributed by atoms with Crippen molar-refractivity contribution in [1.82, 2.24) is 10.2 Å². The standard InChI is InChI=1S/C22H20N6O3/c1-3-31-22(30)17-14(2)23-25-20(17)26-24-19-18(15-10-6-4-7-11-15)27-28(21(19)29)16-12-8-5-9-13-16/h4-13,19H,3H2,1-2H3,(H,23,25). The Kier molecular flexibility index (Phi) is 5.65. The molecule has 2 aromatic carbocycles. The number of aryl methyl sites for hydroxylation is 1. The van der Waals surface area contributed by atoms with Crippen molar-refractivity contribution in [2.24, 2.45) is 15.3 Å². The first-order valence-electron chi connectivity index (χ1n) is 9.76. The van der Waals surface area contributed by atoms with E-state index in [4.69, 9.17) is 4.74 Å². The molecule has 1 unspecified atom stereocenters. The van der Waals surface area contributed by atoms with E-state index in [1.807, 2.05) is 48.5 Å². The molecule has 1 aliphatic rings. The number of amides is 1. The third kappa shape index (κ3) is 3.97. The van der Waals surface area contributed by atoms with Crippen LogP contribution in [0.5, 0.6) is 0 Å². The highest BCUT2D eigenvalue weighted by Gasteiger charge is 2.38. The van der Waals surface area contributed by atoms with Crippen LogP contribution in [0.15, 0.2) is 76.0 Å². The Morgan fingerprint density at radius 3 is 2.48 bits per heavy atom. The summed E-state index contributed by atoms with van der Waals surface area (Å²) in [6.07, 6.45) is 0. The molecule has 0 bridgehead atoms. The molecule has 2 heterocycles. The monoisotopic (exact) mass is 416 g/mol. The topological polar surface area (TPSA) is 112 Å². The van der Waals surface area contributed by atoms with E-state index in [9.17, 15) is 9.59 Å². The minimum Gasteiger partial charge on any atom is -0.462 e. The van der Waals surface area contributed by atoms with Crippen molar-refractivity contribution in [2.75, 3.05) is 11.6 Å². The number of H-pyrrole nitrogens is 1. The average Bonchev–Trinajstić information content (AvgIpc) is 3.33. The van der Waals surface area contributed by atoms with E-state index in [2.05, 4.69) is 25.5 Å². The second-order valence-electron chi connectivity index (χ2n) is 6.72. The number of anilines is 1. The molecule has 9 nitrogen and oxygen atoms in total. The lowest BCUT2D eigenvalue weighted by Gasteiger charge is -2.11. The highest BCUT2D eigenvalue weighted by molar-refractivity contribution is 6.24. The zero-order valence-electron chi connectivity index (χ0n) is 17.0. The van der Waals surface area contributed by atoms with Crippen LogP contribution in [0.2, 0.25) is 0 Å². The van der Waals surface area contributed by atoms with E-state index < -0.39 is 12.0 Å². The van der Waals surface area contributed by atoms with Crippen molar-refractivity contribution in [1.29, 1.82) is 0 Å². The van der Waals surface area contributed by atoms with Gasteiger partial charge in [0.2, 0.25) is 5.82 Å². The number of aromatic nitrogens is 2. The van der Waals surface area contributed by atoms with E-state index in [-0.39, 0.29) is 23.9 Å². The van der Waals surface area contributed by atoms with Crippen LogP contribution in [-0.4, -0.2) is 40.4 Å². The lowest BCUT2D eigenvalue weighted by molar-refractivity contribution is -0.117. The summed E-state index contributed by atoms with van der Waals surface area (Å²) >= 11 is 0. The van der Waals surface area contributed by atoms with Crippen molar-refractivity contribution in [3.8, 4) is 0 Å². The number of rotatable bonds is 6.